The zero-order valence-corrected chi connectivity index (χ0v) is 19.0. The number of aryl methyl sites for hydroxylation is 2. The summed E-state index contributed by atoms with van der Waals surface area (Å²) in [6, 6.07) is 10.1. The fraction of sp³-hybridized carbons (Fsp3) is 0.500. The van der Waals surface area contributed by atoms with Crippen molar-refractivity contribution in [2.45, 2.75) is 59.2 Å². The molecular weight excluding hydrogens is 392 g/mol. The van der Waals surface area contributed by atoms with Crippen LogP contribution < -0.4 is 10.6 Å². The van der Waals surface area contributed by atoms with E-state index in [1.807, 2.05) is 43.9 Å². The first-order valence-electron chi connectivity index (χ1n) is 11.0. The number of furan rings is 1. The van der Waals surface area contributed by atoms with Gasteiger partial charge in [-0.25, -0.2) is 4.99 Å². The Morgan fingerprint density at radius 3 is 2.48 bits per heavy atom. The van der Waals surface area contributed by atoms with Crippen molar-refractivity contribution in [3.63, 3.8) is 0 Å². The molecule has 1 aliphatic heterocycles. The molecule has 7 nitrogen and oxygen atoms in total. The van der Waals surface area contributed by atoms with Crippen LogP contribution in [-0.2, 0) is 23.5 Å². The summed E-state index contributed by atoms with van der Waals surface area (Å²) < 4.78 is 5.54. The highest BCUT2D eigenvalue weighted by atomic mass is 16.3. The van der Waals surface area contributed by atoms with Gasteiger partial charge in [-0.05, 0) is 51.3 Å². The van der Waals surface area contributed by atoms with Gasteiger partial charge in [0.2, 0.25) is 5.91 Å². The smallest absolute Gasteiger partial charge is 0.223 e. The van der Waals surface area contributed by atoms with E-state index in [0.29, 0.717) is 50.7 Å². The van der Waals surface area contributed by atoms with Crippen LogP contribution in [-0.4, -0.2) is 41.5 Å². The van der Waals surface area contributed by atoms with Gasteiger partial charge in [-0.3, -0.25) is 4.79 Å². The summed E-state index contributed by atoms with van der Waals surface area (Å²) in [4.78, 5) is 19.0. The van der Waals surface area contributed by atoms with Crippen LogP contribution in [0.5, 0.6) is 0 Å². The standard InChI is InChI=1S/C24H34N4O3/c1-5-25-23(27-16-24(4,30)21-13-17(2)31-18(21)3)26-12-8-11-22(29)28-14-19-9-6-7-10-20(19)15-28/h6-7,9-10,13,30H,5,8,11-12,14-16H2,1-4H3,(H2,25,26,27). The van der Waals surface area contributed by atoms with Gasteiger partial charge in [-0.1, -0.05) is 24.3 Å². The van der Waals surface area contributed by atoms with Crippen molar-refractivity contribution in [2.24, 2.45) is 4.99 Å². The van der Waals surface area contributed by atoms with Crippen molar-refractivity contribution in [3.05, 3.63) is 58.5 Å². The second-order valence-electron chi connectivity index (χ2n) is 8.34. The van der Waals surface area contributed by atoms with Crippen LogP contribution in [0.1, 0.15) is 54.9 Å². The molecule has 1 aliphatic rings. The molecule has 0 saturated carbocycles. The van der Waals surface area contributed by atoms with Crippen molar-refractivity contribution in [1.29, 1.82) is 0 Å². The molecule has 0 spiro atoms. The molecule has 2 aromatic rings. The van der Waals surface area contributed by atoms with Gasteiger partial charge in [0, 0.05) is 38.2 Å². The summed E-state index contributed by atoms with van der Waals surface area (Å²) in [6.07, 6.45) is 1.21. The summed E-state index contributed by atoms with van der Waals surface area (Å²) in [5, 5.41) is 17.3. The fourth-order valence-electron chi connectivity index (χ4n) is 3.94. The van der Waals surface area contributed by atoms with Crippen LogP contribution >= 0.6 is 0 Å². The highest BCUT2D eigenvalue weighted by molar-refractivity contribution is 5.80. The van der Waals surface area contributed by atoms with Crippen LogP contribution in [0.25, 0.3) is 0 Å². The van der Waals surface area contributed by atoms with E-state index >= 15 is 0 Å². The first-order valence-corrected chi connectivity index (χ1v) is 11.0. The van der Waals surface area contributed by atoms with E-state index in [1.54, 1.807) is 6.92 Å². The Hall–Kier alpha value is -2.80. The molecule has 0 aliphatic carbocycles. The third-order valence-corrected chi connectivity index (χ3v) is 5.56. The number of guanidine groups is 1. The molecule has 0 saturated heterocycles. The highest BCUT2D eigenvalue weighted by Crippen LogP contribution is 2.27. The van der Waals surface area contributed by atoms with Crippen LogP contribution in [0.15, 0.2) is 39.7 Å². The minimum absolute atomic E-state index is 0.175. The number of carbonyl (C=O) groups excluding carboxylic acids is 1. The maximum Gasteiger partial charge on any atom is 0.223 e. The van der Waals surface area contributed by atoms with Crippen LogP contribution in [0.2, 0.25) is 0 Å². The molecule has 1 aromatic heterocycles. The topological polar surface area (TPSA) is 90.1 Å². The summed E-state index contributed by atoms with van der Waals surface area (Å²) >= 11 is 0. The van der Waals surface area contributed by atoms with Gasteiger partial charge >= 0.3 is 0 Å². The first kappa shape index (κ1) is 22.9. The lowest BCUT2D eigenvalue weighted by molar-refractivity contribution is -0.131. The molecule has 0 bridgehead atoms. The van der Waals surface area contributed by atoms with Crippen molar-refractivity contribution in [2.75, 3.05) is 19.6 Å². The van der Waals surface area contributed by atoms with Crippen LogP contribution in [0.4, 0.5) is 0 Å². The van der Waals surface area contributed by atoms with Gasteiger partial charge in [0.05, 0.1) is 6.54 Å². The lowest BCUT2D eigenvalue weighted by atomic mass is 9.96. The number of amides is 1. The number of hydrogen-bond donors (Lipinski definition) is 3. The number of aliphatic imine (C=N–C) groups is 1. The molecule has 3 N–H and O–H groups in total. The molecule has 2 heterocycles. The fourth-order valence-corrected chi connectivity index (χ4v) is 3.94. The van der Waals surface area contributed by atoms with Gasteiger partial charge in [0.15, 0.2) is 5.96 Å². The van der Waals surface area contributed by atoms with E-state index in [4.69, 9.17) is 4.42 Å². The van der Waals surface area contributed by atoms with Gasteiger partial charge in [-0.2, -0.15) is 0 Å². The number of benzene rings is 1. The summed E-state index contributed by atoms with van der Waals surface area (Å²) in [5.41, 5.74) is 2.11. The Morgan fingerprint density at radius 1 is 1.23 bits per heavy atom. The predicted molar refractivity (Wildman–Crippen MR) is 122 cm³/mol. The molecule has 1 atom stereocenters. The quantitative estimate of drug-likeness (QED) is 0.343. The molecular formula is C24H34N4O3. The number of rotatable bonds is 8. The average molecular weight is 427 g/mol. The summed E-state index contributed by atoms with van der Waals surface area (Å²) in [6.45, 7) is 10.4. The number of nitrogens with zero attached hydrogens (tertiary/aromatic N) is 2. The normalized spacial score (nSPS) is 15.5. The molecule has 1 amide bonds. The molecule has 3 rings (SSSR count). The Bertz CT molecular complexity index is 908. The van der Waals surface area contributed by atoms with Crippen molar-refractivity contribution in [3.8, 4) is 0 Å². The Balaban J connectivity index is 1.47. The van der Waals surface area contributed by atoms with Gasteiger partial charge < -0.3 is 25.1 Å². The largest absolute Gasteiger partial charge is 0.466 e. The molecule has 0 fully saturated rings. The first-order chi connectivity index (χ1) is 14.8. The third kappa shape index (κ3) is 5.88. The third-order valence-electron chi connectivity index (χ3n) is 5.56. The SMILES string of the molecule is CCNC(=NCC(C)(O)c1cc(C)oc1C)NCCCC(=O)N1Cc2ccccc2C1. The summed E-state index contributed by atoms with van der Waals surface area (Å²) in [7, 11) is 0. The number of aliphatic hydroxyl groups is 1. The van der Waals surface area contributed by atoms with Crippen molar-refractivity contribution in [1.82, 2.24) is 15.5 Å². The second kappa shape index (κ2) is 10.0. The van der Waals surface area contributed by atoms with Crippen LogP contribution in [0, 0.1) is 13.8 Å². The van der Waals surface area contributed by atoms with Gasteiger partial charge in [-0.15, -0.1) is 0 Å². The lowest BCUT2D eigenvalue weighted by Gasteiger charge is -2.21. The summed E-state index contributed by atoms with van der Waals surface area (Å²) in [5.74, 6) is 2.28. The average Bonchev–Trinajstić information content (AvgIpc) is 3.32. The van der Waals surface area contributed by atoms with Crippen molar-refractivity contribution >= 4 is 11.9 Å². The van der Waals surface area contributed by atoms with E-state index in [9.17, 15) is 9.90 Å². The van der Waals surface area contributed by atoms with Gasteiger partial charge in [0.25, 0.3) is 0 Å². The maximum atomic E-state index is 12.5. The molecule has 7 heteroatoms. The van der Waals surface area contributed by atoms with Gasteiger partial charge in [0.1, 0.15) is 17.1 Å². The number of hydrogen-bond acceptors (Lipinski definition) is 4. The zero-order chi connectivity index (χ0) is 22.4. The number of nitrogens with one attached hydrogen (secondary N) is 2. The Kier molecular flexibility index (Phi) is 7.38. The lowest BCUT2D eigenvalue weighted by Crippen LogP contribution is -2.39. The molecule has 31 heavy (non-hydrogen) atoms. The van der Waals surface area contributed by atoms with E-state index in [0.717, 1.165) is 11.3 Å². The van der Waals surface area contributed by atoms with E-state index in [-0.39, 0.29) is 12.5 Å². The van der Waals surface area contributed by atoms with E-state index < -0.39 is 5.60 Å². The molecule has 0 radical (unpaired) electrons. The molecule has 1 unspecified atom stereocenters. The molecule has 168 valence electrons. The second-order valence-corrected chi connectivity index (χ2v) is 8.34. The Labute approximate surface area is 184 Å². The van der Waals surface area contributed by atoms with Crippen molar-refractivity contribution < 1.29 is 14.3 Å². The highest BCUT2D eigenvalue weighted by Gasteiger charge is 2.27. The minimum Gasteiger partial charge on any atom is -0.466 e. The molecule has 1 aromatic carbocycles. The number of carbonyl (C=O) groups is 1. The van der Waals surface area contributed by atoms with Crippen LogP contribution in [0.3, 0.4) is 0 Å². The number of fused-ring (bicyclic) bond motifs is 1. The minimum atomic E-state index is -1.12. The Morgan fingerprint density at radius 2 is 1.90 bits per heavy atom. The van der Waals surface area contributed by atoms with E-state index in [2.05, 4.69) is 27.8 Å². The van der Waals surface area contributed by atoms with E-state index in [1.165, 1.54) is 11.1 Å². The predicted octanol–water partition coefficient (Wildman–Crippen LogP) is 2.98. The zero-order valence-electron chi connectivity index (χ0n) is 19.0. The monoisotopic (exact) mass is 426 g/mol. The maximum absolute atomic E-state index is 12.5.